The van der Waals surface area contributed by atoms with E-state index in [2.05, 4.69) is 11.8 Å². The Morgan fingerprint density at radius 1 is 1.50 bits per heavy atom. The molecule has 0 radical (unpaired) electrons. The summed E-state index contributed by atoms with van der Waals surface area (Å²) in [6, 6.07) is 0. The molecule has 0 unspecified atom stereocenters. The summed E-state index contributed by atoms with van der Waals surface area (Å²) in [7, 11) is 0. The van der Waals surface area contributed by atoms with E-state index in [1.165, 1.54) is 0 Å². The zero-order chi connectivity index (χ0) is 7.61. The first-order valence-electron chi connectivity index (χ1n) is 3.44. The van der Waals surface area contributed by atoms with Gasteiger partial charge in [-0.3, -0.25) is 0 Å². The zero-order valence-electron chi connectivity index (χ0n) is 5.95. The number of hydrogen-bond donors (Lipinski definition) is 0. The Labute approximate surface area is 59.6 Å². The highest BCUT2D eigenvalue weighted by atomic mass is 19.3. The number of hydrogen-bond acceptors (Lipinski definition) is 0. The molecule has 0 saturated heterocycles. The molecule has 1 saturated carbocycles. The minimum absolute atomic E-state index is 0.288. The van der Waals surface area contributed by atoms with E-state index >= 15 is 0 Å². The summed E-state index contributed by atoms with van der Waals surface area (Å²) >= 11 is 0. The summed E-state index contributed by atoms with van der Waals surface area (Å²) in [4.78, 5) is 0. The molecule has 0 atom stereocenters. The molecule has 1 aliphatic carbocycles. The van der Waals surface area contributed by atoms with Crippen LogP contribution in [0.15, 0.2) is 0 Å². The van der Waals surface area contributed by atoms with E-state index in [1.54, 1.807) is 0 Å². The largest absolute Gasteiger partial charge is 0.256 e. The average Bonchev–Trinajstić information content (AvgIpc) is 2.45. The molecule has 0 spiro atoms. The van der Waals surface area contributed by atoms with Crippen molar-refractivity contribution in [2.75, 3.05) is 0 Å². The van der Waals surface area contributed by atoms with Crippen molar-refractivity contribution in [1.82, 2.24) is 0 Å². The van der Waals surface area contributed by atoms with Crippen molar-refractivity contribution < 1.29 is 8.78 Å². The molecule has 1 rings (SSSR count). The predicted octanol–water partition coefficient (Wildman–Crippen LogP) is 2.45. The van der Waals surface area contributed by atoms with Crippen LogP contribution in [0.5, 0.6) is 0 Å². The summed E-state index contributed by atoms with van der Waals surface area (Å²) in [6.45, 7) is 0.897. The fraction of sp³-hybridized carbons (Fsp3) is 0.750. The van der Waals surface area contributed by atoms with Crippen LogP contribution >= 0.6 is 0 Å². The average molecular weight is 144 g/mol. The van der Waals surface area contributed by atoms with Crippen LogP contribution in [-0.4, -0.2) is 5.92 Å². The minimum atomic E-state index is -2.61. The first-order chi connectivity index (χ1) is 4.58. The van der Waals surface area contributed by atoms with E-state index in [0.29, 0.717) is 5.92 Å². The maximum atomic E-state index is 12.1. The molecular weight excluding hydrogens is 134 g/mol. The highest BCUT2D eigenvalue weighted by molar-refractivity contribution is 5.10. The van der Waals surface area contributed by atoms with Gasteiger partial charge in [-0.1, -0.05) is 11.8 Å². The van der Waals surface area contributed by atoms with Crippen molar-refractivity contribution in [3.8, 4) is 11.8 Å². The first-order valence-corrected chi connectivity index (χ1v) is 3.44. The molecule has 0 aromatic rings. The van der Waals surface area contributed by atoms with Gasteiger partial charge in [0.15, 0.2) is 0 Å². The molecule has 10 heavy (non-hydrogen) atoms. The standard InChI is InChI=1S/C8H10F2/c1-8(9,10)6-2-3-7-4-5-7/h7H,4-6H2,1H3. The third-order valence-corrected chi connectivity index (χ3v) is 1.28. The molecule has 0 aliphatic heterocycles. The Bertz CT molecular complexity index is 164. The van der Waals surface area contributed by atoms with Crippen LogP contribution in [0.4, 0.5) is 8.78 Å². The van der Waals surface area contributed by atoms with Gasteiger partial charge < -0.3 is 0 Å². The summed E-state index contributed by atoms with van der Waals surface area (Å²) in [5.74, 6) is 3.09. The second kappa shape index (κ2) is 2.57. The van der Waals surface area contributed by atoms with Crippen LogP contribution in [0.3, 0.4) is 0 Å². The number of halogens is 2. The van der Waals surface area contributed by atoms with E-state index in [4.69, 9.17) is 0 Å². The van der Waals surface area contributed by atoms with Crippen LogP contribution in [0.1, 0.15) is 26.2 Å². The highest BCUT2D eigenvalue weighted by Gasteiger charge is 2.20. The molecule has 0 N–H and O–H groups in total. The third-order valence-electron chi connectivity index (χ3n) is 1.28. The molecule has 0 aromatic carbocycles. The Morgan fingerprint density at radius 3 is 2.50 bits per heavy atom. The summed E-state index contributed by atoms with van der Waals surface area (Å²) in [6.07, 6.45) is 1.91. The van der Waals surface area contributed by atoms with Crippen molar-refractivity contribution in [1.29, 1.82) is 0 Å². The van der Waals surface area contributed by atoms with Crippen molar-refractivity contribution in [2.24, 2.45) is 5.92 Å². The van der Waals surface area contributed by atoms with Crippen LogP contribution in [0.2, 0.25) is 0 Å². The summed E-state index contributed by atoms with van der Waals surface area (Å²) in [5.41, 5.74) is 0. The maximum absolute atomic E-state index is 12.1. The molecule has 1 fully saturated rings. The van der Waals surface area contributed by atoms with Gasteiger partial charge in [-0.25, -0.2) is 8.78 Å². The topological polar surface area (TPSA) is 0 Å². The molecule has 2 heteroatoms. The van der Waals surface area contributed by atoms with E-state index in [0.717, 1.165) is 19.8 Å². The fourth-order valence-corrected chi connectivity index (χ4v) is 0.578. The molecule has 0 nitrogen and oxygen atoms in total. The predicted molar refractivity (Wildman–Crippen MR) is 35.7 cm³/mol. The highest BCUT2D eigenvalue weighted by Crippen LogP contribution is 2.27. The van der Waals surface area contributed by atoms with Crippen molar-refractivity contribution >= 4 is 0 Å². The van der Waals surface area contributed by atoms with Gasteiger partial charge in [0.05, 0.1) is 6.42 Å². The van der Waals surface area contributed by atoms with Gasteiger partial charge in [0, 0.05) is 12.8 Å². The van der Waals surface area contributed by atoms with Gasteiger partial charge in [0.25, 0.3) is 5.92 Å². The lowest BCUT2D eigenvalue weighted by molar-refractivity contribution is 0.0278. The van der Waals surface area contributed by atoms with Gasteiger partial charge in [0.2, 0.25) is 0 Å². The van der Waals surface area contributed by atoms with Crippen molar-refractivity contribution in [3.05, 3.63) is 0 Å². The Balaban J connectivity index is 2.21. The molecule has 0 bridgehead atoms. The van der Waals surface area contributed by atoms with Crippen LogP contribution in [0.25, 0.3) is 0 Å². The third kappa shape index (κ3) is 3.45. The van der Waals surface area contributed by atoms with Crippen LogP contribution in [-0.2, 0) is 0 Å². The molecule has 56 valence electrons. The minimum Gasteiger partial charge on any atom is -0.206 e. The van der Waals surface area contributed by atoms with E-state index in [-0.39, 0.29) is 6.42 Å². The van der Waals surface area contributed by atoms with Gasteiger partial charge >= 0.3 is 0 Å². The van der Waals surface area contributed by atoms with Gasteiger partial charge in [-0.2, -0.15) is 0 Å². The quantitative estimate of drug-likeness (QED) is 0.496. The lowest BCUT2D eigenvalue weighted by Gasteiger charge is -2.02. The number of rotatable bonds is 1. The first kappa shape index (κ1) is 7.53. The monoisotopic (exact) mass is 144 g/mol. The molecular formula is C8H10F2. The maximum Gasteiger partial charge on any atom is 0.256 e. The second-order valence-corrected chi connectivity index (χ2v) is 2.84. The van der Waals surface area contributed by atoms with Gasteiger partial charge in [-0.15, -0.1) is 0 Å². The van der Waals surface area contributed by atoms with Gasteiger partial charge in [-0.05, 0) is 12.8 Å². The Morgan fingerprint density at radius 2 is 2.10 bits per heavy atom. The van der Waals surface area contributed by atoms with Crippen LogP contribution in [0, 0.1) is 17.8 Å². The second-order valence-electron chi connectivity index (χ2n) is 2.84. The lowest BCUT2D eigenvalue weighted by Crippen LogP contribution is -2.06. The fourth-order valence-electron chi connectivity index (χ4n) is 0.578. The smallest absolute Gasteiger partial charge is 0.206 e. The van der Waals surface area contributed by atoms with E-state index in [9.17, 15) is 8.78 Å². The molecule has 0 heterocycles. The summed E-state index contributed by atoms with van der Waals surface area (Å²) in [5, 5.41) is 0. The Kier molecular flexibility index (Phi) is 1.94. The molecule has 0 amide bonds. The van der Waals surface area contributed by atoms with Crippen LogP contribution < -0.4 is 0 Å². The molecule has 0 aromatic heterocycles. The van der Waals surface area contributed by atoms with E-state index in [1.807, 2.05) is 0 Å². The SMILES string of the molecule is CC(F)(F)CC#CC1CC1. The van der Waals surface area contributed by atoms with Crippen molar-refractivity contribution in [3.63, 3.8) is 0 Å². The number of alkyl halides is 2. The summed E-state index contributed by atoms with van der Waals surface area (Å²) < 4.78 is 24.2. The zero-order valence-corrected chi connectivity index (χ0v) is 5.95. The van der Waals surface area contributed by atoms with E-state index < -0.39 is 5.92 Å². The Hall–Kier alpha value is -0.580. The molecule has 1 aliphatic rings. The van der Waals surface area contributed by atoms with Gasteiger partial charge in [0.1, 0.15) is 0 Å². The normalized spacial score (nSPS) is 17.9. The lowest BCUT2D eigenvalue weighted by atomic mass is 10.2. The van der Waals surface area contributed by atoms with Crippen molar-refractivity contribution in [2.45, 2.75) is 32.1 Å².